The summed E-state index contributed by atoms with van der Waals surface area (Å²) < 4.78 is 0. The summed E-state index contributed by atoms with van der Waals surface area (Å²) in [6.45, 7) is 0. The lowest BCUT2D eigenvalue weighted by Gasteiger charge is -2.35. The molecule has 0 amide bonds. The van der Waals surface area contributed by atoms with Crippen molar-refractivity contribution in [1.29, 1.82) is 5.41 Å². The van der Waals surface area contributed by atoms with Gasteiger partial charge < -0.3 is 5.41 Å². The van der Waals surface area contributed by atoms with Gasteiger partial charge in [-0.1, -0.05) is 152 Å². The van der Waals surface area contributed by atoms with Gasteiger partial charge in [-0.25, -0.2) is 0 Å². The van der Waals surface area contributed by atoms with Crippen LogP contribution in [0.2, 0.25) is 0 Å². The minimum absolute atomic E-state index is 0.0467. The standard InChI is InChI=1S/C36H29N/c37-36-31-24-14-13-23-30(31)32(34(26-15-5-1-6-16-26)27-17-7-2-8-18-27)25-33(36)35(28-19-9-3-10-20-28)29-21-11-4-12-22-29/h1-25,33-35,37H. The molecule has 5 aromatic rings. The molecule has 0 saturated carbocycles. The molecular formula is C36H29N. The fourth-order valence-electron chi connectivity index (χ4n) is 5.80. The summed E-state index contributed by atoms with van der Waals surface area (Å²) in [4.78, 5) is 0. The Morgan fingerprint density at radius 3 is 1.27 bits per heavy atom. The van der Waals surface area contributed by atoms with Crippen LogP contribution in [0.3, 0.4) is 0 Å². The Hall–Kier alpha value is -4.49. The molecule has 1 aliphatic carbocycles. The first-order chi connectivity index (χ1) is 18.3. The Morgan fingerprint density at radius 1 is 0.432 bits per heavy atom. The molecule has 0 aromatic heterocycles. The number of hydrogen-bond acceptors (Lipinski definition) is 1. The van der Waals surface area contributed by atoms with Crippen molar-refractivity contribution < 1.29 is 0 Å². The number of fused-ring (bicyclic) bond motifs is 1. The normalized spacial score (nSPS) is 14.9. The zero-order valence-electron chi connectivity index (χ0n) is 20.7. The van der Waals surface area contributed by atoms with E-state index < -0.39 is 0 Å². The highest BCUT2D eigenvalue weighted by atomic mass is 14.5. The molecule has 0 fully saturated rings. The molecule has 1 nitrogen and oxygen atoms in total. The Morgan fingerprint density at radius 2 is 0.811 bits per heavy atom. The first kappa shape index (κ1) is 22.9. The van der Waals surface area contributed by atoms with Crippen molar-refractivity contribution in [3.8, 4) is 0 Å². The minimum Gasteiger partial charge on any atom is -0.304 e. The summed E-state index contributed by atoms with van der Waals surface area (Å²) in [7, 11) is 0. The highest BCUT2D eigenvalue weighted by molar-refractivity contribution is 6.09. The summed E-state index contributed by atoms with van der Waals surface area (Å²) in [5.41, 5.74) is 9.11. The summed E-state index contributed by atoms with van der Waals surface area (Å²) in [6, 6.07) is 51.3. The van der Waals surface area contributed by atoms with Crippen LogP contribution in [-0.2, 0) is 0 Å². The topological polar surface area (TPSA) is 23.9 Å². The molecule has 0 aliphatic heterocycles. The summed E-state index contributed by atoms with van der Waals surface area (Å²) in [5, 5.41) is 9.45. The van der Waals surface area contributed by atoms with Gasteiger partial charge in [0.15, 0.2) is 0 Å². The number of rotatable bonds is 6. The maximum absolute atomic E-state index is 9.45. The minimum atomic E-state index is -0.0929. The molecule has 6 rings (SSSR count). The Kier molecular flexibility index (Phi) is 6.35. The van der Waals surface area contributed by atoms with Crippen LogP contribution < -0.4 is 0 Å². The van der Waals surface area contributed by atoms with Crippen LogP contribution in [0.5, 0.6) is 0 Å². The zero-order valence-corrected chi connectivity index (χ0v) is 20.7. The fraction of sp³-hybridized carbons (Fsp3) is 0.0833. The first-order valence-electron chi connectivity index (χ1n) is 12.9. The van der Waals surface area contributed by atoms with E-state index in [4.69, 9.17) is 0 Å². The van der Waals surface area contributed by atoms with Crippen LogP contribution in [0.25, 0.3) is 5.57 Å². The maximum atomic E-state index is 9.45. The van der Waals surface area contributed by atoms with E-state index in [1.165, 1.54) is 27.8 Å². The van der Waals surface area contributed by atoms with Gasteiger partial charge in [0.25, 0.3) is 0 Å². The molecule has 1 atom stereocenters. The summed E-state index contributed by atoms with van der Waals surface area (Å²) in [5.74, 6) is 0.0291. The highest BCUT2D eigenvalue weighted by Gasteiger charge is 2.35. The fourth-order valence-corrected chi connectivity index (χ4v) is 5.80. The zero-order chi connectivity index (χ0) is 25.0. The van der Waals surface area contributed by atoms with Crippen LogP contribution >= 0.6 is 0 Å². The second-order valence-electron chi connectivity index (χ2n) is 9.66. The average Bonchev–Trinajstić information content (AvgIpc) is 2.98. The van der Waals surface area contributed by atoms with E-state index in [1.807, 2.05) is 0 Å². The molecule has 1 unspecified atom stereocenters. The predicted molar refractivity (Wildman–Crippen MR) is 154 cm³/mol. The van der Waals surface area contributed by atoms with E-state index in [0.717, 1.165) is 11.1 Å². The highest BCUT2D eigenvalue weighted by Crippen LogP contribution is 2.46. The van der Waals surface area contributed by atoms with Gasteiger partial charge in [0.1, 0.15) is 0 Å². The molecule has 37 heavy (non-hydrogen) atoms. The monoisotopic (exact) mass is 475 g/mol. The number of benzene rings is 5. The van der Waals surface area contributed by atoms with Gasteiger partial charge in [-0.05, 0) is 33.4 Å². The van der Waals surface area contributed by atoms with Gasteiger partial charge in [-0.3, -0.25) is 0 Å². The smallest absolute Gasteiger partial charge is 0.0470 e. The van der Waals surface area contributed by atoms with E-state index in [9.17, 15) is 5.41 Å². The molecular weight excluding hydrogens is 446 g/mol. The summed E-state index contributed by atoms with van der Waals surface area (Å²) in [6.07, 6.45) is 2.39. The van der Waals surface area contributed by atoms with E-state index in [2.05, 4.69) is 152 Å². The third-order valence-electron chi connectivity index (χ3n) is 7.47. The van der Waals surface area contributed by atoms with Crippen LogP contribution in [-0.4, -0.2) is 5.71 Å². The molecule has 1 aliphatic rings. The first-order valence-corrected chi connectivity index (χ1v) is 12.9. The Labute approximate surface area is 219 Å². The molecule has 0 radical (unpaired) electrons. The van der Waals surface area contributed by atoms with Crippen LogP contribution in [0.4, 0.5) is 0 Å². The van der Waals surface area contributed by atoms with Gasteiger partial charge in [0.05, 0.1) is 0 Å². The van der Waals surface area contributed by atoms with Gasteiger partial charge in [0, 0.05) is 29.0 Å². The van der Waals surface area contributed by atoms with Crippen LogP contribution in [0.1, 0.15) is 45.2 Å². The lowest BCUT2D eigenvalue weighted by Crippen LogP contribution is -2.27. The second-order valence-corrected chi connectivity index (χ2v) is 9.66. The van der Waals surface area contributed by atoms with E-state index in [1.54, 1.807) is 0 Å². The molecule has 178 valence electrons. The van der Waals surface area contributed by atoms with E-state index >= 15 is 0 Å². The largest absolute Gasteiger partial charge is 0.304 e. The SMILES string of the molecule is N=C1c2ccccc2C(C(c2ccccc2)c2ccccc2)=CC1C(c1ccccc1)c1ccccc1. The molecule has 0 spiro atoms. The van der Waals surface area contributed by atoms with Crippen molar-refractivity contribution in [2.45, 2.75) is 11.8 Å². The molecule has 1 heteroatoms. The third kappa shape index (κ3) is 4.45. The van der Waals surface area contributed by atoms with Crippen molar-refractivity contribution >= 4 is 11.3 Å². The number of nitrogens with one attached hydrogen (secondary N) is 1. The third-order valence-corrected chi connectivity index (χ3v) is 7.47. The molecule has 0 bridgehead atoms. The maximum Gasteiger partial charge on any atom is 0.0470 e. The molecule has 0 heterocycles. The Balaban J connectivity index is 1.60. The lowest BCUT2D eigenvalue weighted by molar-refractivity contribution is 0.710. The predicted octanol–water partition coefficient (Wildman–Crippen LogP) is 8.73. The summed E-state index contributed by atoms with van der Waals surface area (Å²) >= 11 is 0. The van der Waals surface area contributed by atoms with Gasteiger partial charge in [-0.2, -0.15) is 0 Å². The number of allylic oxidation sites excluding steroid dienone is 2. The molecule has 5 aromatic carbocycles. The van der Waals surface area contributed by atoms with Crippen molar-refractivity contribution in [2.75, 3.05) is 0 Å². The van der Waals surface area contributed by atoms with Crippen molar-refractivity contribution in [3.05, 3.63) is 185 Å². The average molecular weight is 476 g/mol. The second kappa shape index (κ2) is 10.2. The Bertz CT molecular complexity index is 1440. The van der Waals surface area contributed by atoms with Crippen LogP contribution in [0, 0.1) is 11.3 Å². The molecule has 0 saturated heterocycles. The number of hydrogen-bond donors (Lipinski definition) is 1. The molecule has 1 N–H and O–H groups in total. The van der Waals surface area contributed by atoms with Gasteiger partial charge >= 0.3 is 0 Å². The van der Waals surface area contributed by atoms with Crippen LogP contribution in [0.15, 0.2) is 152 Å². The van der Waals surface area contributed by atoms with Crippen molar-refractivity contribution in [2.24, 2.45) is 5.92 Å². The van der Waals surface area contributed by atoms with Gasteiger partial charge in [-0.15, -0.1) is 0 Å². The van der Waals surface area contributed by atoms with Gasteiger partial charge in [0.2, 0.25) is 0 Å². The lowest BCUT2D eigenvalue weighted by atomic mass is 9.68. The van der Waals surface area contributed by atoms with Crippen molar-refractivity contribution in [3.63, 3.8) is 0 Å². The van der Waals surface area contributed by atoms with E-state index in [-0.39, 0.29) is 17.8 Å². The quantitative estimate of drug-likeness (QED) is 0.254. The van der Waals surface area contributed by atoms with Crippen molar-refractivity contribution in [1.82, 2.24) is 0 Å². The van der Waals surface area contributed by atoms with E-state index in [0.29, 0.717) is 5.71 Å².